The Hall–Kier alpha value is -1.35. The zero-order valence-corrected chi connectivity index (χ0v) is 7.93. The molecule has 0 bridgehead atoms. The van der Waals surface area contributed by atoms with Gasteiger partial charge in [-0.15, -0.1) is 0 Å². The van der Waals surface area contributed by atoms with E-state index in [1.54, 1.807) is 0 Å². The predicted molar refractivity (Wildman–Crippen MR) is 50.7 cm³/mol. The molecule has 2 unspecified atom stereocenters. The van der Waals surface area contributed by atoms with E-state index in [1.807, 2.05) is 24.3 Å². The summed E-state index contributed by atoms with van der Waals surface area (Å²) in [5, 5.41) is 9.81. The van der Waals surface area contributed by atoms with Crippen molar-refractivity contribution < 1.29 is 14.6 Å². The fraction of sp³-hybridized carbons (Fsp3) is 0.364. The Kier molecular flexibility index (Phi) is 2.25. The average Bonchev–Trinajstić information content (AvgIpc) is 2.44. The quantitative estimate of drug-likeness (QED) is 0.680. The van der Waals surface area contributed by atoms with Gasteiger partial charge in [-0.05, 0) is 11.1 Å². The maximum absolute atomic E-state index is 10.8. The molecule has 0 aliphatic heterocycles. The Morgan fingerprint density at radius 3 is 2.86 bits per heavy atom. The van der Waals surface area contributed by atoms with Crippen LogP contribution in [0.1, 0.15) is 24.2 Å². The molecule has 3 nitrogen and oxygen atoms in total. The van der Waals surface area contributed by atoms with Crippen molar-refractivity contribution in [2.45, 2.75) is 25.6 Å². The fourth-order valence-corrected chi connectivity index (χ4v) is 1.86. The van der Waals surface area contributed by atoms with Gasteiger partial charge in [0.15, 0.2) is 0 Å². The maximum Gasteiger partial charge on any atom is 0.303 e. The van der Waals surface area contributed by atoms with Crippen LogP contribution < -0.4 is 0 Å². The molecule has 0 spiro atoms. The highest BCUT2D eigenvalue weighted by atomic mass is 16.6. The van der Waals surface area contributed by atoms with Crippen molar-refractivity contribution in [3.05, 3.63) is 35.4 Å². The number of hydrogen-bond donors (Lipinski definition) is 1. The molecule has 1 N–H and O–H groups in total. The third-order valence-electron chi connectivity index (χ3n) is 2.46. The van der Waals surface area contributed by atoms with Gasteiger partial charge in [-0.3, -0.25) is 4.79 Å². The maximum atomic E-state index is 10.8. The summed E-state index contributed by atoms with van der Waals surface area (Å²) in [5.41, 5.74) is 1.94. The summed E-state index contributed by atoms with van der Waals surface area (Å²) in [6, 6.07) is 7.60. The molecule has 2 rings (SSSR count). The molecule has 0 aromatic heterocycles. The molecule has 3 heteroatoms. The van der Waals surface area contributed by atoms with Crippen molar-refractivity contribution in [1.29, 1.82) is 0 Å². The van der Waals surface area contributed by atoms with E-state index in [9.17, 15) is 9.90 Å². The van der Waals surface area contributed by atoms with Gasteiger partial charge in [0.05, 0.1) is 0 Å². The van der Waals surface area contributed by atoms with Crippen LogP contribution in [0.5, 0.6) is 0 Å². The van der Waals surface area contributed by atoms with Gasteiger partial charge in [0, 0.05) is 13.3 Å². The first kappa shape index (κ1) is 9.21. The molecule has 0 saturated carbocycles. The molecule has 2 atom stereocenters. The van der Waals surface area contributed by atoms with Crippen molar-refractivity contribution in [1.82, 2.24) is 0 Å². The molecule has 1 aliphatic carbocycles. The van der Waals surface area contributed by atoms with Crippen molar-refractivity contribution in [3.63, 3.8) is 0 Å². The van der Waals surface area contributed by atoms with Crippen LogP contribution in [0, 0.1) is 0 Å². The predicted octanol–water partition coefficient (Wildman–Crippen LogP) is 1.21. The van der Waals surface area contributed by atoms with Crippen LogP contribution in [0.25, 0.3) is 0 Å². The summed E-state index contributed by atoms with van der Waals surface area (Å²) >= 11 is 0. The van der Waals surface area contributed by atoms with E-state index in [1.165, 1.54) is 6.92 Å². The number of esters is 1. The van der Waals surface area contributed by atoms with Crippen LogP contribution in [-0.4, -0.2) is 17.2 Å². The van der Waals surface area contributed by atoms with E-state index in [0.29, 0.717) is 6.42 Å². The summed E-state index contributed by atoms with van der Waals surface area (Å²) in [7, 11) is 0. The Labute approximate surface area is 82.3 Å². The third kappa shape index (κ3) is 1.51. The molecule has 1 aliphatic rings. The molecule has 0 heterocycles. The van der Waals surface area contributed by atoms with Gasteiger partial charge in [-0.2, -0.15) is 0 Å². The largest absolute Gasteiger partial charge is 0.459 e. The average molecular weight is 192 g/mol. The number of benzene rings is 1. The first-order chi connectivity index (χ1) is 6.68. The van der Waals surface area contributed by atoms with Crippen LogP contribution in [0.3, 0.4) is 0 Å². The van der Waals surface area contributed by atoms with Crippen LogP contribution in [0.15, 0.2) is 24.3 Å². The van der Waals surface area contributed by atoms with Gasteiger partial charge in [0.2, 0.25) is 0 Å². The zero-order chi connectivity index (χ0) is 10.1. The molecule has 14 heavy (non-hydrogen) atoms. The molecule has 1 aromatic rings. The molecule has 74 valence electrons. The van der Waals surface area contributed by atoms with E-state index < -0.39 is 12.2 Å². The van der Waals surface area contributed by atoms with Gasteiger partial charge in [0.25, 0.3) is 0 Å². The highest BCUT2D eigenvalue weighted by Crippen LogP contribution is 2.32. The standard InChI is InChI=1S/C11H12O3/c1-7(12)14-10-6-8-4-2-3-5-9(8)11(10)13/h2-5,10-11,13H,6H2,1H3. The Morgan fingerprint density at radius 2 is 2.21 bits per heavy atom. The first-order valence-electron chi connectivity index (χ1n) is 4.61. The third-order valence-corrected chi connectivity index (χ3v) is 2.46. The summed E-state index contributed by atoms with van der Waals surface area (Å²) < 4.78 is 5.02. The lowest BCUT2D eigenvalue weighted by Gasteiger charge is -2.14. The normalized spacial score (nSPS) is 24.4. The Balaban J connectivity index is 2.21. The van der Waals surface area contributed by atoms with Gasteiger partial charge in [-0.1, -0.05) is 24.3 Å². The molecular weight excluding hydrogens is 180 g/mol. The van der Waals surface area contributed by atoms with E-state index in [-0.39, 0.29) is 5.97 Å². The molecule has 0 fully saturated rings. The number of fused-ring (bicyclic) bond motifs is 1. The lowest BCUT2D eigenvalue weighted by molar-refractivity contribution is -0.151. The number of carbonyl (C=O) groups excluding carboxylic acids is 1. The minimum atomic E-state index is -0.671. The van der Waals surface area contributed by atoms with Crippen molar-refractivity contribution in [3.8, 4) is 0 Å². The molecular formula is C11H12O3. The van der Waals surface area contributed by atoms with Crippen LogP contribution in [0.4, 0.5) is 0 Å². The smallest absolute Gasteiger partial charge is 0.303 e. The number of ether oxygens (including phenoxy) is 1. The number of aliphatic hydroxyl groups is 1. The molecule has 0 amide bonds. The SMILES string of the molecule is CC(=O)OC1Cc2ccccc2C1O. The zero-order valence-electron chi connectivity index (χ0n) is 7.93. The van der Waals surface area contributed by atoms with Gasteiger partial charge < -0.3 is 9.84 Å². The van der Waals surface area contributed by atoms with Gasteiger partial charge in [-0.25, -0.2) is 0 Å². The van der Waals surface area contributed by atoms with Crippen molar-refractivity contribution in [2.24, 2.45) is 0 Å². The number of carbonyl (C=O) groups is 1. The number of rotatable bonds is 1. The second-order valence-electron chi connectivity index (χ2n) is 3.50. The van der Waals surface area contributed by atoms with Crippen LogP contribution in [0.2, 0.25) is 0 Å². The van der Waals surface area contributed by atoms with Gasteiger partial charge >= 0.3 is 5.97 Å². The minimum absolute atomic E-state index is 0.346. The summed E-state index contributed by atoms with van der Waals surface area (Å²) in [4.78, 5) is 10.8. The highest BCUT2D eigenvalue weighted by Gasteiger charge is 2.32. The second-order valence-corrected chi connectivity index (χ2v) is 3.50. The molecule has 1 aromatic carbocycles. The second kappa shape index (κ2) is 3.42. The molecule has 0 saturated heterocycles. The van der Waals surface area contributed by atoms with Crippen molar-refractivity contribution in [2.75, 3.05) is 0 Å². The fourth-order valence-electron chi connectivity index (χ4n) is 1.86. The highest BCUT2D eigenvalue weighted by molar-refractivity contribution is 5.66. The lowest BCUT2D eigenvalue weighted by Crippen LogP contribution is -2.20. The van der Waals surface area contributed by atoms with E-state index in [2.05, 4.69) is 0 Å². The van der Waals surface area contributed by atoms with Crippen LogP contribution >= 0.6 is 0 Å². The monoisotopic (exact) mass is 192 g/mol. The summed E-state index contributed by atoms with van der Waals surface area (Å²) in [5.74, 6) is -0.346. The van der Waals surface area contributed by atoms with Crippen LogP contribution in [-0.2, 0) is 16.0 Å². The topological polar surface area (TPSA) is 46.5 Å². The molecule has 0 radical (unpaired) electrons. The van der Waals surface area contributed by atoms with E-state index >= 15 is 0 Å². The Bertz CT molecular complexity index is 359. The Morgan fingerprint density at radius 1 is 1.50 bits per heavy atom. The van der Waals surface area contributed by atoms with Gasteiger partial charge in [0.1, 0.15) is 12.2 Å². The van der Waals surface area contributed by atoms with E-state index in [4.69, 9.17) is 4.74 Å². The van der Waals surface area contributed by atoms with E-state index in [0.717, 1.165) is 11.1 Å². The van der Waals surface area contributed by atoms with Crippen molar-refractivity contribution >= 4 is 5.97 Å². The first-order valence-corrected chi connectivity index (χ1v) is 4.61. The number of aliphatic hydroxyl groups excluding tert-OH is 1. The summed E-state index contributed by atoms with van der Waals surface area (Å²) in [6.07, 6.45) is -0.475. The number of hydrogen-bond acceptors (Lipinski definition) is 3. The summed E-state index contributed by atoms with van der Waals surface area (Å²) in [6.45, 7) is 1.36. The lowest BCUT2D eigenvalue weighted by atomic mass is 10.1. The minimum Gasteiger partial charge on any atom is -0.459 e.